The molecule has 18 heavy (non-hydrogen) atoms. The maximum Gasteiger partial charge on any atom is 0.104 e. The number of hydrogen-bond donors (Lipinski definition) is 2. The molecule has 0 bridgehead atoms. The molecular weight excluding hydrogens is 224 g/mol. The Kier molecular flexibility index (Phi) is 7.48. The Morgan fingerprint density at radius 2 is 1.78 bits per heavy atom. The largest absolute Gasteiger partial charge is 0.316 e. The summed E-state index contributed by atoms with van der Waals surface area (Å²) >= 11 is 0. The Morgan fingerprint density at radius 1 is 1.22 bits per heavy atom. The van der Waals surface area contributed by atoms with Crippen molar-refractivity contribution in [1.82, 2.24) is 4.90 Å². The first-order valence-corrected chi connectivity index (χ1v) is 6.76. The van der Waals surface area contributed by atoms with Gasteiger partial charge in [-0.3, -0.25) is 15.8 Å². The highest BCUT2D eigenvalue weighted by molar-refractivity contribution is 5.98. The average molecular weight is 252 g/mol. The molecule has 4 heteroatoms. The first kappa shape index (κ1) is 16.8. The lowest BCUT2D eigenvalue weighted by Gasteiger charge is -2.34. The van der Waals surface area contributed by atoms with Crippen LogP contribution in [0.1, 0.15) is 53.9 Å². The van der Waals surface area contributed by atoms with Gasteiger partial charge in [-0.25, -0.2) is 0 Å². The van der Waals surface area contributed by atoms with E-state index in [0.717, 1.165) is 25.0 Å². The van der Waals surface area contributed by atoms with Crippen LogP contribution in [0.15, 0.2) is 4.99 Å². The molecule has 0 aliphatic rings. The van der Waals surface area contributed by atoms with Gasteiger partial charge in [-0.1, -0.05) is 27.7 Å². The molecule has 0 fully saturated rings. The molecule has 0 aliphatic carbocycles. The maximum absolute atomic E-state index is 8.17. The Bertz CT molecular complexity index is 318. The van der Waals surface area contributed by atoms with Crippen LogP contribution in [-0.2, 0) is 0 Å². The lowest BCUT2D eigenvalue weighted by Crippen LogP contribution is -2.45. The molecule has 1 unspecified atom stereocenters. The van der Waals surface area contributed by atoms with Crippen LogP contribution in [0, 0.1) is 16.7 Å². The summed E-state index contributed by atoms with van der Waals surface area (Å²) in [5.41, 5.74) is 1.16. The van der Waals surface area contributed by atoms with Crippen molar-refractivity contribution in [3.63, 3.8) is 0 Å². The van der Waals surface area contributed by atoms with Crippen molar-refractivity contribution in [3.05, 3.63) is 0 Å². The number of amidine groups is 2. The molecule has 0 radical (unpaired) electrons. The molecule has 0 saturated heterocycles. The van der Waals surface area contributed by atoms with Crippen molar-refractivity contribution in [1.29, 1.82) is 10.8 Å². The van der Waals surface area contributed by atoms with Gasteiger partial charge in [0.15, 0.2) is 0 Å². The van der Waals surface area contributed by atoms with Crippen LogP contribution >= 0.6 is 0 Å². The van der Waals surface area contributed by atoms with E-state index in [-0.39, 0.29) is 12.0 Å². The van der Waals surface area contributed by atoms with Crippen molar-refractivity contribution in [2.24, 2.45) is 10.9 Å². The van der Waals surface area contributed by atoms with E-state index in [9.17, 15) is 0 Å². The lowest BCUT2D eigenvalue weighted by atomic mass is 10.0. The zero-order valence-corrected chi connectivity index (χ0v) is 12.7. The normalized spacial score (nSPS) is 13.6. The highest BCUT2D eigenvalue weighted by Gasteiger charge is 2.24. The summed E-state index contributed by atoms with van der Waals surface area (Å²) < 4.78 is 0. The smallest absolute Gasteiger partial charge is 0.104 e. The Hall–Kier alpha value is -1.19. The van der Waals surface area contributed by atoms with Gasteiger partial charge in [-0.2, -0.15) is 0 Å². The van der Waals surface area contributed by atoms with Gasteiger partial charge in [0.25, 0.3) is 0 Å². The minimum Gasteiger partial charge on any atom is -0.316 e. The first-order chi connectivity index (χ1) is 8.38. The predicted octanol–water partition coefficient (Wildman–Crippen LogP) is 3.57. The minimum atomic E-state index is 0.142. The highest BCUT2D eigenvalue weighted by Crippen LogP contribution is 2.15. The molecule has 0 saturated carbocycles. The molecule has 0 spiro atoms. The Morgan fingerprint density at radius 3 is 2.06 bits per heavy atom. The molecule has 0 amide bonds. The Balaban J connectivity index is 5.06. The van der Waals surface area contributed by atoms with E-state index in [1.54, 1.807) is 6.92 Å². The molecule has 0 aliphatic heterocycles. The number of nitrogens with one attached hydrogen (secondary N) is 2. The molecular formula is C14H28N4. The van der Waals surface area contributed by atoms with Crippen molar-refractivity contribution in [3.8, 4) is 0 Å². The van der Waals surface area contributed by atoms with Crippen molar-refractivity contribution < 1.29 is 0 Å². The third-order valence-electron chi connectivity index (χ3n) is 3.20. The summed E-state index contributed by atoms with van der Waals surface area (Å²) in [5, 5.41) is 16.1. The van der Waals surface area contributed by atoms with Gasteiger partial charge in [0.1, 0.15) is 5.84 Å². The van der Waals surface area contributed by atoms with Crippen LogP contribution in [0.2, 0.25) is 0 Å². The molecule has 1 atom stereocenters. The highest BCUT2D eigenvalue weighted by atomic mass is 15.2. The molecule has 0 aromatic carbocycles. The van der Waals surface area contributed by atoms with E-state index >= 15 is 0 Å². The van der Waals surface area contributed by atoms with E-state index in [1.807, 2.05) is 25.8 Å². The monoisotopic (exact) mass is 252 g/mol. The van der Waals surface area contributed by atoms with Gasteiger partial charge in [0.2, 0.25) is 0 Å². The number of rotatable bonds is 6. The van der Waals surface area contributed by atoms with Gasteiger partial charge < -0.3 is 4.90 Å². The maximum atomic E-state index is 8.17. The van der Waals surface area contributed by atoms with Crippen molar-refractivity contribution in [2.45, 2.75) is 59.9 Å². The van der Waals surface area contributed by atoms with Crippen LogP contribution in [0.25, 0.3) is 0 Å². The fourth-order valence-corrected chi connectivity index (χ4v) is 2.01. The quantitative estimate of drug-likeness (QED) is 0.551. The summed E-state index contributed by atoms with van der Waals surface area (Å²) in [6.07, 6.45) is 2.70. The molecule has 2 N–H and O–H groups in total. The van der Waals surface area contributed by atoms with Crippen LogP contribution in [0.4, 0.5) is 0 Å². The molecule has 0 aromatic heterocycles. The summed E-state index contributed by atoms with van der Waals surface area (Å²) in [4.78, 5) is 6.14. The fourth-order valence-electron chi connectivity index (χ4n) is 2.01. The third-order valence-corrected chi connectivity index (χ3v) is 3.20. The van der Waals surface area contributed by atoms with Gasteiger partial charge in [0, 0.05) is 31.1 Å². The second kappa shape index (κ2) is 8.01. The van der Waals surface area contributed by atoms with Crippen molar-refractivity contribution >= 4 is 17.4 Å². The second-order valence-electron chi connectivity index (χ2n) is 4.90. The first-order valence-electron chi connectivity index (χ1n) is 6.76. The van der Waals surface area contributed by atoms with E-state index in [4.69, 9.17) is 10.8 Å². The summed E-state index contributed by atoms with van der Waals surface area (Å²) in [6.45, 7) is 9.97. The van der Waals surface area contributed by atoms with E-state index in [1.165, 1.54) is 0 Å². The predicted molar refractivity (Wildman–Crippen MR) is 80.2 cm³/mol. The van der Waals surface area contributed by atoms with Gasteiger partial charge in [0.05, 0.1) is 5.84 Å². The summed E-state index contributed by atoms with van der Waals surface area (Å²) in [5.74, 6) is 1.12. The van der Waals surface area contributed by atoms with Gasteiger partial charge in [-0.15, -0.1) is 0 Å². The minimum absolute atomic E-state index is 0.142. The molecule has 4 nitrogen and oxygen atoms in total. The van der Waals surface area contributed by atoms with Crippen molar-refractivity contribution in [2.75, 3.05) is 7.05 Å². The summed E-state index contributed by atoms with van der Waals surface area (Å²) in [7, 11) is 1.82. The molecule has 104 valence electrons. The topological polar surface area (TPSA) is 63.3 Å². The second-order valence-corrected chi connectivity index (χ2v) is 4.90. The number of aliphatic imine (C=N–C) groups is 1. The summed E-state index contributed by atoms with van der Waals surface area (Å²) in [6, 6.07) is 0.177. The number of hydrogen-bond acceptors (Lipinski definition) is 3. The van der Waals surface area contributed by atoms with Crippen LogP contribution in [0.3, 0.4) is 0 Å². The van der Waals surface area contributed by atoms with Gasteiger partial charge in [-0.05, 0) is 19.8 Å². The standard InChI is InChI=1S/C14H28N4/c1-7-12(17-6)9-13(8-2)18(11(5)15)14(16)10(3)4/h10,13,15-16H,7-9H2,1-6H3. The van der Waals surface area contributed by atoms with E-state index in [0.29, 0.717) is 11.7 Å². The average Bonchev–Trinajstić information content (AvgIpc) is 2.33. The SMILES string of the molecule is CCC(CC(CC)N(C(C)=N)C(=N)C(C)C)=NC. The molecule has 0 aromatic rings. The van der Waals surface area contributed by atoms with Crippen LogP contribution in [-0.4, -0.2) is 35.4 Å². The zero-order valence-electron chi connectivity index (χ0n) is 12.7. The fraction of sp³-hybridized carbons (Fsp3) is 0.786. The molecule has 0 heterocycles. The molecule has 0 rings (SSSR count). The Labute approximate surface area is 112 Å². The van der Waals surface area contributed by atoms with Crippen LogP contribution < -0.4 is 0 Å². The zero-order chi connectivity index (χ0) is 14.3. The van der Waals surface area contributed by atoms with Gasteiger partial charge >= 0.3 is 0 Å². The van der Waals surface area contributed by atoms with E-state index < -0.39 is 0 Å². The third kappa shape index (κ3) is 4.59. The van der Waals surface area contributed by atoms with Crippen LogP contribution in [0.5, 0.6) is 0 Å². The lowest BCUT2D eigenvalue weighted by molar-refractivity contribution is 0.408. The number of nitrogens with zero attached hydrogens (tertiary/aromatic N) is 2. The van der Waals surface area contributed by atoms with E-state index in [2.05, 4.69) is 18.8 Å².